The Morgan fingerprint density at radius 3 is 2.56 bits per heavy atom. The van der Waals surface area contributed by atoms with E-state index in [4.69, 9.17) is 0 Å². The normalized spacial score (nSPS) is 20.3. The molecule has 0 radical (unpaired) electrons. The van der Waals surface area contributed by atoms with Gasteiger partial charge < -0.3 is 10.2 Å². The van der Waals surface area contributed by atoms with E-state index in [1.54, 1.807) is 0 Å². The van der Waals surface area contributed by atoms with E-state index in [2.05, 4.69) is 17.1 Å². The number of carbonyl (C=O) groups is 1. The molecular formula is C13H28ClN3O. The van der Waals surface area contributed by atoms with Gasteiger partial charge in [-0.1, -0.05) is 13.3 Å². The maximum Gasteiger partial charge on any atom is 0.236 e. The van der Waals surface area contributed by atoms with Crippen molar-refractivity contribution in [1.82, 2.24) is 15.1 Å². The number of nitrogens with one attached hydrogen (secondary N) is 1. The zero-order chi connectivity index (χ0) is 12.7. The summed E-state index contributed by atoms with van der Waals surface area (Å²) in [5.41, 5.74) is 0. The van der Waals surface area contributed by atoms with Gasteiger partial charge in [-0.3, -0.25) is 9.69 Å². The van der Waals surface area contributed by atoms with Gasteiger partial charge in [0.05, 0.1) is 6.54 Å². The number of likely N-dealkylation sites (N-methyl/N-ethyl adjacent to an activating group) is 1. The fraction of sp³-hybridized carbons (Fsp3) is 0.923. The number of nitrogens with zero attached hydrogens (tertiary/aromatic N) is 2. The minimum absolute atomic E-state index is 0. The fourth-order valence-electron chi connectivity index (χ4n) is 2.48. The van der Waals surface area contributed by atoms with Gasteiger partial charge in [-0.25, -0.2) is 0 Å². The zero-order valence-electron chi connectivity index (χ0n) is 11.9. The molecule has 1 amide bonds. The van der Waals surface area contributed by atoms with E-state index in [1.165, 1.54) is 12.8 Å². The van der Waals surface area contributed by atoms with Crippen molar-refractivity contribution in [3.63, 3.8) is 0 Å². The third-order valence-corrected chi connectivity index (χ3v) is 3.55. The Labute approximate surface area is 117 Å². The van der Waals surface area contributed by atoms with E-state index >= 15 is 0 Å². The highest BCUT2D eigenvalue weighted by Gasteiger charge is 2.24. The van der Waals surface area contributed by atoms with Gasteiger partial charge in [0, 0.05) is 38.8 Å². The van der Waals surface area contributed by atoms with Crippen LogP contribution in [0, 0.1) is 0 Å². The summed E-state index contributed by atoms with van der Waals surface area (Å²) in [5, 5.41) is 3.41. The van der Waals surface area contributed by atoms with E-state index in [0.717, 1.165) is 32.7 Å². The molecule has 1 N–H and O–H groups in total. The lowest BCUT2D eigenvalue weighted by molar-refractivity contribution is -0.132. The number of amides is 1. The summed E-state index contributed by atoms with van der Waals surface area (Å²) in [6.07, 6.45) is 2.36. The summed E-state index contributed by atoms with van der Waals surface area (Å²) in [6.45, 7) is 11.6. The summed E-state index contributed by atoms with van der Waals surface area (Å²) in [5.74, 6) is 0.276. The van der Waals surface area contributed by atoms with Crippen molar-refractivity contribution in [3.8, 4) is 0 Å². The first-order valence-corrected chi connectivity index (χ1v) is 6.95. The Bertz CT molecular complexity index is 232. The molecular weight excluding hydrogens is 250 g/mol. The second-order valence-electron chi connectivity index (χ2n) is 4.68. The Balaban J connectivity index is 0.00000289. The lowest BCUT2D eigenvalue weighted by Crippen LogP contribution is -2.54. The van der Waals surface area contributed by atoms with Gasteiger partial charge in [0.25, 0.3) is 0 Å². The first-order chi connectivity index (χ1) is 8.22. The minimum atomic E-state index is 0. The molecule has 0 aromatic heterocycles. The minimum Gasteiger partial charge on any atom is -0.342 e. The molecule has 4 nitrogen and oxygen atoms in total. The Kier molecular flexibility index (Phi) is 9.42. The van der Waals surface area contributed by atoms with Crippen molar-refractivity contribution in [2.45, 2.75) is 39.7 Å². The highest BCUT2D eigenvalue weighted by atomic mass is 35.5. The first kappa shape index (κ1) is 17.7. The van der Waals surface area contributed by atoms with Crippen LogP contribution in [0.5, 0.6) is 0 Å². The number of rotatable bonds is 6. The van der Waals surface area contributed by atoms with E-state index < -0.39 is 0 Å². The average molecular weight is 278 g/mol. The molecule has 1 saturated heterocycles. The number of hydrogen-bond acceptors (Lipinski definition) is 3. The molecule has 0 bridgehead atoms. The monoisotopic (exact) mass is 277 g/mol. The van der Waals surface area contributed by atoms with Crippen LogP contribution in [0.1, 0.15) is 33.6 Å². The number of hydrogen-bond donors (Lipinski definition) is 1. The van der Waals surface area contributed by atoms with Crippen LogP contribution in [0.25, 0.3) is 0 Å². The molecule has 1 rings (SSSR count). The average Bonchev–Trinajstić information content (AvgIpc) is 2.33. The summed E-state index contributed by atoms with van der Waals surface area (Å²) in [4.78, 5) is 16.4. The Morgan fingerprint density at radius 1 is 1.33 bits per heavy atom. The Hall–Kier alpha value is -0.320. The maximum absolute atomic E-state index is 12.1. The smallest absolute Gasteiger partial charge is 0.236 e. The summed E-state index contributed by atoms with van der Waals surface area (Å²) in [7, 11) is 0. The quantitative estimate of drug-likeness (QED) is 0.796. The summed E-state index contributed by atoms with van der Waals surface area (Å²) < 4.78 is 0. The van der Waals surface area contributed by atoms with Crippen molar-refractivity contribution in [2.24, 2.45) is 0 Å². The van der Waals surface area contributed by atoms with Gasteiger partial charge in [0.1, 0.15) is 0 Å². The SMILES string of the molecule is CCCC1CNCCN1CC(=O)N(CC)CC.Cl. The van der Waals surface area contributed by atoms with Crippen LogP contribution in [-0.4, -0.2) is 61.0 Å². The van der Waals surface area contributed by atoms with Crippen molar-refractivity contribution in [1.29, 1.82) is 0 Å². The van der Waals surface area contributed by atoms with Crippen LogP contribution in [0.4, 0.5) is 0 Å². The van der Waals surface area contributed by atoms with Crippen LogP contribution < -0.4 is 5.32 Å². The maximum atomic E-state index is 12.1. The highest BCUT2D eigenvalue weighted by Crippen LogP contribution is 2.09. The van der Waals surface area contributed by atoms with Crippen molar-refractivity contribution >= 4 is 18.3 Å². The Morgan fingerprint density at radius 2 is 2.00 bits per heavy atom. The molecule has 1 atom stereocenters. The number of halogens is 1. The molecule has 0 aromatic rings. The molecule has 0 aliphatic carbocycles. The first-order valence-electron chi connectivity index (χ1n) is 6.95. The van der Waals surface area contributed by atoms with E-state index in [9.17, 15) is 4.79 Å². The predicted octanol–water partition coefficient (Wildman–Crippen LogP) is 1.35. The van der Waals surface area contributed by atoms with Crippen LogP contribution in [-0.2, 0) is 4.79 Å². The molecule has 1 aliphatic rings. The van der Waals surface area contributed by atoms with Gasteiger partial charge in [-0.2, -0.15) is 0 Å². The van der Waals surface area contributed by atoms with Crippen molar-refractivity contribution < 1.29 is 4.79 Å². The lowest BCUT2D eigenvalue weighted by Gasteiger charge is -2.36. The lowest BCUT2D eigenvalue weighted by atomic mass is 10.1. The summed E-state index contributed by atoms with van der Waals surface area (Å²) >= 11 is 0. The van der Waals surface area contributed by atoms with Crippen molar-refractivity contribution in [3.05, 3.63) is 0 Å². The van der Waals surface area contributed by atoms with Crippen LogP contribution >= 0.6 is 12.4 Å². The predicted molar refractivity (Wildman–Crippen MR) is 78.3 cm³/mol. The topological polar surface area (TPSA) is 35.6 Å². The van der Waals surface area contributed by atoms with E-state index in [1.807, 2.05) is 18.7 Å². The largest absolute Gasteiger partial charge is 0.342 e. The van der Waals surface area contributed by atoms with E-state index in [0.29, 0.717) is 12.6 Å². The molecule has 18 heavy (non-hydrogen) atoms. The third-order valence-electron chi connectivity index (χ3n) is 3.55. The van der Waals surface area contributed by atoms with Crippen LogP contribution in [0.15, 0.2) is 0 Å². The second kappa shape index (κ2) is 9.59. The van der Waals surface area contributed by atoms with Crippen LogP contribution in [0.3, 0.4) is 0 Å². The molecule has 0 saturated carbocycles. The summed E-state index contributed by atoms with van der Waals surface area (Å²) in [6, 6.07) is 0.535. The van der Waals surface area contributed by atoms with Gasteiger partial charge in [0.15, 0.2) is 0 Å². The van der Waals surface area contributed by atoms with Crippen LogP contribution in [0.2, 0.25) is 0 Å². The van der Waals surface area contributed by atoms with Gasteiger partial charge >= 0.3 is 0 Å². The van der Waals surface area contributed by atoms with Gasteiger partial charge in [0.2, 0.25) is 5.91 Å². The fourth-order valence-corrected chi connectivity index (χ4v) is 2.48. The third kappa shape index (κ3) is 5.12. The molecule has 108 valence electrons. The standard InChI is InChI=1S/C13H27N3O.ClH/c1-4-7-12-10-14-8-9-16(12)11-13(17)15(5-2)6-3;/h12,14H,4-11H2,1-3H3;1H. The molecule has 1 fully saturated rings. The molecule has 0 aromatic carbocycles. The molecule has 0 spiro atoms. The molecule has 1 unspecified atom stereocenters. The van der Waals surface area contributed by atoms with Crippen molar-refractivity contribution in [2.75, 3.05) is 39.3 Å². The number of piperazine rings is 1. The second-order valence-corrected chi connectivity index (χ2v) is 4.68. The highest BCUT2D eigenvalue weighted by molar-refractivity contribution is 5.85. The molecule has 1 aliphatic heterocycles. The van der Waals surface area contributed by atoms with E-state index in [-0.39, 0.29) is 18.3 Å². The molecule has 5 heteroatoms. The number of carbonyl (C=O) groups excluding carboxylic acids is 1. The van der Waals surface area contributed by atoms with Gasteiger partial charge in [-0.05, 0) is 20.3 Å². The zero-order valence-corrected chi connectivity index (χ0v) is 12.8. The molecule has 1 heterocycles. The van der Waals surface area contributed by atoms with Gasteiger partial charge in [-0.15, -0.1) is 12.4 Å².